The minimum atomic E-state index is -0.661. The lowest BCUT2D eigenvalue weighted by Gasteiger charge is -2.26. The van der Waals surface area contributed by atoms with Crippen LogP contribution in [0.4, 0.5) is 10.5 Å². The topological polar surface area (TPSA) is 116 Å². The van der Waals surface area contributed by atoms with E-state index >= 15 is 0 Å². The van der Waals surface area contributed by atoms with E-state index < -0.39 is 11.0 Å². The molecule has 3 rings (SSSR count). The average Bonchev–Trinajstić information content (AvgIpc) is 2.67. The van der Waals surface area contributed by atoms with Crippen molar-refractivity contribution < 1.29 is 23.9 Å². The van der Waals surface area contributed by atoms with E-state index in [0.29, 0.717) is 48.8 Å². The molecule has 1 aromatic heterocycles. The summed E-state index contributed by atoms with van der Waals surface area (Å²) in [5, 5.41) is 15.6. The number of aryl methyl sites for hydroxylation is 1. The SMILES string of the molecule is COc1cc2c(C)nc(OC(=O)N3CCNCC3)c([N+](=O)[O-])c2cc1OC. The van der Waals surface area contributed by atoms with Gasteiger partial charge in [-0.15, -0.1) is 0 Å². The zero-order valence-corrected chi connectivity index (χ0v) is 15.3. The van der Waals surface area contributed by atoms with Gasteiger partial charge in [0, 0.05) is 37.3 Å². The third-order valence-corrected chi connectivity index (χ3v) is 4.38. The maximum Gasteiger partial charge on any atom is 0.416 e. The van der Waals surface area contributed by atoms with E-state index in [1.165, 1.54) is 25.2 Å². The number of rotatable bonds is 4. The number of nitro groups is 1. The van der Waals surface area contributed by atoms with Crippen molar-refractivity contribution in [2.75, 3.05) is 40.4 Å². The number of carbonyl (C=O) groups excluding carboxylic acids is 1. The average molecular weight is 376 g/mol. The number of carbonyl (C=O) groups is 1. The Hall–Kier alpha value is -3.14. The lowest BCUT2D eigenvalue weighted by Crippen LogP contribution is -2.47. The highest BCUT2D eigenvalue weighted by Crippen LogP contribution is 2.41. The smallest absolute Gasteiger partial charge is 0.416 e. The van der Waals surface area contributed by atoms with Crippen LogP contribution < -0.4 is 19.5 Å². The number of ether oxygens (including phenoxy) is 3. The van der Waals surface area contributed by atoms with Gasteiger partial charge in [-0.2, -0.15) is 0 Å². The molecule has 0 unspecified atom stereocenters. The van der Waals surface area contributed by atoms with Gasteiger partial charge in [-0.3, -0.25) is 10.1 Å². The molecule has 1 N–H and O–H groups in total. The molecule has 2 heterocycles. The molecule has 2 aromatic rings. The molecular formula is C17H20N4O6. The van der Waals surface area contributed by atoms with Crippen LogP contribution in [-0.2, 0) is 0 Å². The van der Waals surface area contributed by atoms with Crippen molar-refractivity contribution in [1.29, 1.82) is 0 Å². The maximum atomic E-state index is 12.4. The fraction of sp³-hybridized carbons (Fsp3) is 0.412. The second-order valence-electron chi connectivity index (χ2n) is 5.97. The van der Waals surface area contributed by atoms with Gasteiger partial charge in [0.05, 0.1) is 24.5 Å². The van der Waals surface area contributed by atoms with Gasteiger partial charge in [0.2, 0.25) is 0 Å². The molecule has 1 fully saturated rings. The minimum Gasteiger partial charge on any atom is -0.493 e. The largest absolute Gasteiger partial charge is 0.493 e. The van der Waals surface area contributed by atoms with Gasteiger partial charge in [-0.25, -0.2) is 9.78 Å². The first-order valence-corrected chi connectivity index (χ1v) is 8.34. The van der Waals surface area contributed by atoms with Crippen molar-refractivity contribution in [3.8, 4) is 17.4 Å². The number of methoxy groups -OCH3 is 2. The van der Waals surface area contributed by atoms with Crippen LogP contribution in [0.1, 0.15) is 5.69 Å². The van der Waals surface area contributed by atoms with Crippen LogP contribution in [0.25, 0.3) is 10.8 Å². The van der Waals surface area contributed by atoms with Gasteiger partial charge >= 0.3 is 17.7 Å². The molecule has 0 radical (unpaired) electrons. The van der Waals surface area contributed by atoms with E-state index in [9.17, 15) is 14.9 Å². The molecule has 10 nitrogen and oxygen atoms in total. The lowest BCUT2D eigenvalue weighted by atomic mass is 10.1. The van der Waals surface area contributed by atoms with Crippen LogP contribution in [0.2, 0.25) is 0 Å². The molecule has 1 aromatic carbocycles. The summed E-state index contributed by atoms with van der Waals surface area (Å²) in [5.41, 5.74) is 0.0831. The first kappa shape index (κ1) is 18.6. The van der Waals surface area contributed by atoms with Crippen molar-refractivity contribution in [1.82, 2.24) is 15.2 Å². The van der Waals surface area contributed by atoms with Crippen molar-refractivity contribution in [3.05, 3.63) is 27.9 Å². The summed E-state index contributed by atoms with van der Waals surface area (Å²) >= 11 is 0. The number of nitrogens with one attached hydrogen (secondary N) is 1. The molecule has 0 aliphatic carbocycles. The normalized spacial score (nSPS) is 14.1. The van der Waals surface area contributed by atoms with Crippen LogP contribution in [0.3, 0.4) is 0 Å². The molecule has 1 amide bonds. The number of piperazine rings is 1. The first-order chi connectivity index (χ1) is 13.0. The fourth-order valence-corrected chi connectivity index (χ4v) is 3.00. The van der Waals surface area contributed by atoms with Gasteiger partial charge < -0.3 is 24.4 Å². The van der Waals surface area contributed by atoms with Gasteiger partial charge in [-0.1, -0.05) is 0 Å². The van der Waals surface area contributed by atoms with E-state index in [2.05, 4.69) is 10.3 Å². The van der Waals surface area contributed by atoms with Crippen molar-refractivity contribution in [2.45, 2.75) is 6.92 Å². The summed E-state index contributed by atoms with van der Waals surface area (Å²) in [4.78, 5) is 29.2. The number of nitrogens with zero attached hydrogens (tertiary/aromatic N) is 3. The second-order valence-corrected chi connectivity index (χ2v) is 5.97. The van der Waals surface area contributed by atoms with E-state index in [4.69, 9.17) is 14.2 Å². The number of aromatic nitrogens is 1. The monoisotopic (exact) mass is 376 g/mol. The van der Waals surface area contributed by atoms with Crippen LogP contribution >= 0.6 is 0 Å². The van der Waals surface area contributed by atoms with Crippen LogP contribution in [-0.4, -0.2) is 61.3 Å². The molecule has 10 heteroatoms. The highest BCUT2D eigenvalue weighted by atomic mass is 16.6. The van der Waals surface area contributed by atoms with Crippen LogP contribution in [0.15, 0.2) is 12.1 Å². The van der Waals surface area contributed by atoms with Gasteiger partial charge in [0.15, 0.2) is 11.5 Å². The van der Waals surface area contributed by atoms with E-state index in [-0.39, 0.29) is 17.0 Å². The summed E-state index contributed by atoms with van der Waals surface area (Å²) in [6.45, 7) is 3.88. The molecule has 0 bridgehead atoms. The first-order valence-electron chi connectivity index (χ1n) is 8.34. The molecule has 1 aliphatic rings. The lowest BCUT2D eigenvalue weighted by molar-refractivity contribution is -0.384. The molecule has 27 heavy (non-hydrogen) atoms. The number of pyridine rings is 1. The summed E-state index contributed by atoms with van der Waals surface area (Å²) in [7, 11) is 2.92. The Morgan fingerprint density at radius 1 is 1.19 bits per heavy atom. The Bertz CT molecular complexity index is 895. The number of fused-ring (bicyclic) bond motifs is 1. The predicted molar refractivity (Wildman–Crippen MR) is 96.7 cm³/mol. The Labute approximate surface area is 155 Å². The van der Waals surface area contributed by atoms with Crippen LogP contribution in [0.5, 0.6) is 17.4 Å². The van der Waals surface area contributed by atoms with Gasteiger partial charge in [0.25, 0.3) is 0 Å². The number of amides is 1. The van der Waals surface area contributed by atoms with E-state index in [1.807, 2.05) is 0 Å². The van der Waals surface area contributed by atoms with Crippen molar-refractivity contribution >= 4 is 22.6 Å². The molecule has 0 atom stereocenters. The molecule has 144 valence electrons. The van der Waals surface area contributed by atoms with Crippen molar-refractivity contribution in [3.63, 3.8) is 0 Å². The number of hydrogen-bond donors (Lipinski definition) is 1. The zero-order valence-electron chi connectivity index (χ0n) is 15.3. The highest BCUT2D eigenvalue weighted by molar-refractivity contribution is 5.97. The quantitative estimate of drug-likeness (QED) is 0.635. The third kappa shape index (κ3) is 3.56. The van der Waals surface area contributed by atoms with Crippen molar-refractivity contribution in [2.24, 2.45) is 0 Å². The van der Waals surface area contributed by atoms with Gasteiger partial charge in [-0.05, 0) is 19.1 Å². The third-order valence-electron chi connectivity index (χ3n) is 4.38. The fourth-order valence-electron chi connectivity index (χ4n) is 3.00. The Morgan fingerprint density at radius 2 is 1.78 bits per heavy atom. The Balaban J connectivity index is 2.10. The standard InChI is InChI=1S/C17H20N4O6/c1-10-11-8-13(25-2)14(26-3)9-12(11)15(21(23)24)16(19-10)27-17(22)20-6-4-18-5-7-20/h8-9,18H,4-7H2,1-3H3. The Kier molecular flexibility index (Phi) is 5.26. The molecule has 0 saturated carbocycles. The second kappa shape index (κ2) is 7.62. The van der Waals surface area contributed by atoms with E-state index in [1.54, 1.807) is 13.0 Å². The predicted octanol–water partition coefficient (Wildman–Crippen LogP) is 1.87. The summed E-state index contributed by atoms with van der Waals surface area (Å²) in [5.74, 6) is 0.425. The molecule has 0 spiro atoms. The Morgan fingerprint density at radius 3 is 2.33 bits per heavy atom. The summed E-state index contributed by atoms with van der Waals surface area (Å²) in [6, 6.07) is 3.11. The number of benzene rings is 1. The maximum absolute atomic E-state index is 12.4. The number of hydrogen-bond acceptors (Lipinski definition) is 8. The zero-order chi connectivity index (χ0) is 19.6. The molecular weight excluding hydrogens is 356 g/mol. The minimum absolute atomic E-state index is 0.258. The molecule has 1 saturated heterocycles. The highest BCUT2D eigenvalue weighted by Gasteiger charge is 2.29. The summed E-state index contributed by atoms with van der Waals surface area (Å²) in [6.07, 6.45) is -0.661. The summed E-state index contributed by atoms with van der Waals surface area (Å²) < 4.78 is 15.8. The van der Waals surface area contributed by atoms with E-state index in [0.717, 1.165) is 0 Å². The van der Waals surface area contributed by atoms with Crippen LogP contribution in [0, 0.1) is 17.0 Å². The van der Waals surface area contributed by atoms with Gasteiger partial charge in [0.1, 0.15) is 0 Å². The molecule has 1 aliphatic heterocycles.